The van der Waals surface area contributed by atoms with Crippen LogP contribution in [0.15, 0.2) is 52.0 Å². The Labute approximate surface area is 147 Å². The summed E-state index contributed by atoms with van der Waals surface area (Å²) in [5, 5.41) is 3.94. The number of carbonyl (C=O) groups is 1. The Morgan fingerprint density at radius 2 is 1.96 bits per heavy atom. The van der Waals surface area contributed by atoms with Gasteiger partial charge in [-0.05, 0) is 25.5 Å². The Hall–Kier alpha value is -2.21. The molecule has 0 saturated heterocycles. The van der Waals surface area contributed by atoms with Crippen molar-refractivity contribution in [3.63, 3.8) is 0 Å². The fraction of sp³-hybridized carbons (Fsp3) is 0.333. The van der Waals surface area contributed by atoms with Crippen LogP contribution in [-0.4, -0.2) is 31.0 Å². The third kappa shape index (κ3) is 5.77. The topological polar surface area (TPSA) is 57.8 Å². The Morgan fingerprint density at radius 1 is 1.21 bits per heavy atom. The minimum Gasteiger partial charge on any atom is -0.440 e. The molecular formula is C18H23N3O2S. The van der Waals surface area contributed by atoms with E-state index < -0.39 is 0 Å². The van der Waals surface area contributed by atoms with Gasteiger partial charge in [0.05, 0.1) is 12.0 Å². The minimum absolute atomic E-state index is 0.122. The second kappa shape index (κ2) is 9.82. The van der Waals surface area contributed by atoms with Crippen molar-refractivity contribution in [3.8, 4) is 0 Å². The maximum absolute atomic E-state index is 11.7. The molecule has 1 aromatic heterocycles. The highest BCUT2D eigenvalue weighted by molar-refractivity contribution is 7.99. The van der Waals surface area contributed by atoms with Crippen LogP contribution >= 0.6 is 11.8 Å². The van der Waals surface area contributed by atoms with E-state index in [1.807, 2.05) is 42.5 Å². The number of anilines is 1. The molecule has 2 rings (SSSR count). The molecule has 1 heterocycles. The number of thioether (sulfide) groups is 1. The van der Waals surface area contributed by atoms with Crippen LogP contribution in [0, 0.1) is 0 Å². The number of carbonyl (C=O) groups excluding carboxylic acids is 1. The normalized spacial score (nSPS) is 10.9. The van der Waals surface area contributed by atoms with Gasteiger partial charge in [0, 0.05) is 24.9 Å². The molecule has 128 valence electrons. The Morgan fingerprint density at radius 3 is 2.67 bits per heavy atom. The molecule has 0 saturated carbocycles. The summed E-state index contributed by atoms with van der Waals surface area (Å²) in [4.78, 5) is 13.9. The molecular weight excluding hydrogens is 322 g/mol. The maximum Gasteiger partial charge on any atom is 0.250 e. The number of hydrogen-bond donors (Lipinski definition) is 1. The zero-order valence-electron chi connectivity index (χ0n) is 14.1. The number of furan rings is 1. The predicted molar refractivity (Wildman–Crippen MR) is 101 cm³/mol. The molecule has 5 nitrogen and oxygen atoms in total. The SMILES string of the molecule is CCN(CC)c1ccc(/C=N\NC(=O)CSCc2ccccc2)o1. The van der Waals surface area contributed by atoms with E-state index in [4.69, 9.17) is 4.42 Å². The smallest absolute Gasteiger partial charge is 0.250 e. The molecule has 2 aromatic rings. The zero-order chi connectivity index (χ0) is 17.2. The van der Waals surface area contributed by atoms with Gasteiger partial charge in [0.1, 0.15) is 5.76 Å². The molecule has 0 aliphatic rings. The van der Waals surface area contributed by atoms with Crippen LogP contribution in [0.2, 0.25) is 0 Å². The molecule has 0 radical (unpaired) electrons. The highest BCUT2D eigenvalue weighted by Gasteiger charge is 2.06. The van der Waals surface area contributed by atoms with Crippen LogP contribution < -0.4 is 10.3 Å². The lowest BCUT2D eigenvalue weighted by Crippen LogP contribution is -2.21. The lowest BCUT2D eigenvalue weighted by atomic mass is 10.2. The van der Waals surface area contributed by atoms with Crippen LogP contribution in [0.3, 0.4) is 0 Å². The largest absolute Gasteiger partial charge is 0.440 e. The van der Waals surface area contributed by atoms with Crippen molar-refractivity contribution < 1.29 is 9.21 Å². The van der Waals surface area contributed by atoms with E-state index in [2.05, 4.69) is 29.3 Å². The lowest BCUT2D eigenvalue weighted by Gasteiger charge is -2.16. The number of rotatable bonds is 9. The molecule has 0 spiro atoms. The summed E-state index contributed by atoms with van der Waals surface area (Å²) in [5.74, 6) is 2.49. The van der Waals surface area contributed by atoms with Crippen molar-refractivity contribution in [1.82, 2.24) is 5.43 Å². The minimum atomic E-state index is -0.122. The molecule has 1 aromatic carbocycles. The summed E-state index contributed by atoms with van der Waals surface area (Å²) in [5.41, 5.74) is 3.73. The third-order valence-corrected chi connectivity index (χ3v) is 4.42. The van der Waals surface area contributed by atoms with E-state index in [-0.39, 0.29) is 5.91 Å². The van der Waals surface area contributed by atoms with E-state index in [1.54, 1.807) is 11.8 Å². The fourth-order valence-electron chi connectivity index (χ4n) is 2.15. The van der Waals surface area contributed by atoms with E-state index in [0.29, 0.717) is 11.5 Å². The standard InChI is InChI=1S/C18H23N3O2S/c1-3-21(4-2)18-11-10-16(23-18)12-19-20-17(22)14-24-13-15-8-6-5-7-9-15/h5-12H,3-4,13-14H2,1-2H3,(H,20,22)/b19-12-. The Kier molecular flexibility index (Phi) is 7.42. The number of hydrazone groups is 1. The van der Waals surface area contributed by atoms with Gasteiger partial charge in [0.2, 0.25) is 5.91 Å². The quantitative estimate of drug-likeness (QED) is 0.558. The summed E-state index contributed by atoms with van der Waals surface area (Å²) in [6.07, 6.45) is 1.52. The number of nitrogens with one attached hydrogen (secondary N) is 1. The third-order valence-electron chi connectivity index (χ3n) is 3.41. The first kappa shape index (κ1) is 18.1. The summed E-state index contributed by atoms with van der Waals surface area (Å²) < 4.78 is 5.67. The van der Waals surface area contributed by atoms with Crippen molar-refractivity contribution >= 4 is 29.8 Å². The van der Waals surface area contributed by atoms with Crippen molar-refractivity contribution in [1.29, 1.82) is 0 Å². The molecule has 0 aliphatic carbocycles. The summed E-state index contributed by atoms with van der Waals surface area (Å²) in [6, 6.07) is 13.8. The fourth-order valence-corrected chi connectivity index (χ4v) is 2.93. The van der Waals surface area contributed by atoms with Crippen LogP contribution in [0.25, 0.3) is 0 Å². The summed E-state index contributed by atoms with van der Waals surface area (Å²) in [6.45, 7) is 5.92. The molecule has 0 atom stereocenters. The first-order valence-corrected chi connectivity index (χ1v) is 9.16. The van der Waals surface area contributed by atoms with Gasteiger partial charge < -0.3 is 9.32 Å². The van der Waals surface area contributed by atoms with Gasteiger partial charge in [-0.3, -0.25) is 4.79 Å². The van der Waals surface area contributed by atoms with Gasteiger partial charge in [-0.1, -0.05) is 30.3 Å². The van der Waals surface area contributed by atoms with Crippen LogP contribution in [-0.2, 0) is 10.5 Å². The second-order valence-electron chi connectivity index (χ2n) is 5.12. The van der Waals surface area contributed by atoms with E-state index in [9.17, 15) is 4.79 Å². The molecule has 1 N–H and O–H groups in total. The average molecular weight is 345 g/mol. The Bertz CT molecular complexity index is 651. The number of nitrogens with zero attached hydrogens (tertiary/aromatic N) is 2. The maximum atomic E-state index is 11.7. The second-order valence-corrected chi connectivity index (χ2v) is 6.11. The Balaban J connectivity index is 1.72. The first-order valence-electron chi connectivity index (χ1n) is 8.01. The first-order chi connectivity index (χ1) is 11.7. The molecule has 0 fully saturated rings. The van der Waals surface area contributed by atoms with Crippen LogP contribution in [0.1, 0.15) is 25.2 Å². The number of hydrogen-bond acceptors (Lipinski definition) is 5. The number of benzene rings is 1. The summed E-state index contributed by atoms with van der Waals surface area (Å²) >= 11 is 1.56. The van der Waals surface area contributed by atoms with Crippen LogP contribution in [0.5, 0.6) is 0 Å². The monoisotopic (exact) mass is 345 g/mol. The highest BCUT2D eigenvalue weighted by atomic mass is 32.2. The zero-order valence-corrected chi connectivity index (χ0v) is 14.9. The molecule has 0 aliphatic heterocycles. The van der Waals surface area contributed by atoms with E-state index in [1.165, 1.54) is 11.8 Å². The van der Waals surface area contributed by atoms with E-state index in [0.717, 1.165) is 24.7 Å². The van der Waals surface area contributed by atoms with Crippen molar-refractivity contribution in [2.45, 2.75) is 19.6 Å². The predicted octanol–water partition coefficient (Wildman–Crippen LogP) is 3.51. The van der Waals surface area contributed by atoms with Gasteiger partial charge >= 0.3 is 0 Å². The molecule has 24 heavy (non-hydrogen) atoms. The summed E-state index contributed by atoms with van der Waals surface area (Å²) in [7, 11) is 0. The van der Waals surface area contributed by atoms with Gasteiger partial charge in [0.25, 0.3) is 0 Å². The average Bonchev–Trinajstić information content (AvgIpc) is 3.06. The van der Waals surface area contributed by atoms with Crippen molar-refractivity contribution in [2.24, 2.45) is 5.10 Å². The molecule has 0 bridgehead atoms. The van der Waals surface area contributed by atoms with E-state index >= 15 is 0 Å². The van der Waals surface area contributed by atoms with Crippen molar-refractivity contribution in [3.05, 3.63) is 53.8 Å². The highest BCUT2D eigenvalue weighted by Crippen LogP contribution is 2.16. The van der Waals surface area contributed by atoms with Gasteiger partial charge in [0.15, 0.2) is 5.88 Å². The molecule has 6 heteroatoms. The van der Waals surface area contributed by atoms with Crippen LogP contribution in [0.4, 0.5) is 5.88 Å². The number of amides is 1. The van der Waals surface area contributed by atoms with Crippen molar-refractivity contribution in [2.75, 3.05) is 23.7 Å². The van der Waals surface area contributed by atoms with Gasteiger partial charge in [-0.15, -0.1) is 11.8 Å². The van der Waals surface area contributed by atoms with Gasteiger partial charge in [-0.2, -0.15) is 5.10 Å². The van der Waals surface area contributed by atoms with Gasteiger partial charge in [-0.25, -0.2) is 5.43 Å². The lowest BCUT2D eigenvalue weighted by molar-refractivity contribution is -0.118. The molecule has 1 amide bonds. The molecule has 0 unspecified atom stereocenters.